The molecular weight excluding hydrogens is 337 g/mol. The quantitative estimate of drug-likeness (QED) is 0.920. The van der Waals surface area contributed by atoms with Crippen molar-refractivity contribution in [1.29, 1.82) is 0 Å². The summed E-state index contributed by atoms with van der Waals surface area (Å²) in [5.74, 6) is 1.01. The van der Waals surface area contributed by atoms with Gasteiger partial charge in [0.1, 0.15) is 5.82 Å². The Morgan fingerprint density at radius 2 is 1.88 bits per heavy atom. The van der Waals surface area contributed by atoms with Crippen LogP contribution in [0.2, 0.25) is 0 Å². The van der Waals surface area contributed by atoms with Gasteiger partial charge in [0.25, 0.3) is 0 Å². The van der Waals surface area contributed by atoms with Crippen molar-refractivity contribution in [2.75, 3.05) is 12.1 Å². The fourth-order valence-electron chi connectivity index (χ4n) is 2.84. The van der Waals surface area contributed by atoms with E-state index in [0.29, 0.717) is 30.5 Å². The van der Waals surface area contributed by atoms with E-state index in [0.717, 1.165) is 17.7 Å². The van der Waals surface area contributed by atoms with Gasteiger partial charge in [-0.2, -0.15) is 13.2 Å². The average molecular weight is 350 g/mol. The number of amides is 1. The zero-order chi connectivity index (χ0) is 17.7. The summed E-state index contributed by atoms with van der Waals surface area (Å²) >= 11 is 0. The Morgan fingerprint density at radius 1 is 1.12 bits per heavy atom. The number of rotatable bonds is 3. The van der Waals surface area contributed by atoms with E-state index < -0.39 is 17.2 Å². The normalized spacial score (nSPS) is 17.2. The number of nitrogens with zero attached hydrogens (tertiary/aromatic N) is 1. The van der Waals surface area contributed by atoms with E-state index in [4.69, 9.17) is 9.47 Å². The molecular formula is C17H13F3N2O3. The minimum Gasteiger partial charge on any atom is -0.454 e. The van der Waals surface area contributed by atoms with Crippen molar-refractivity contribution in [2.24, 2.45) is 0 Å². The lowest BCUT2D eigenvalue weighted by Crippen LogP contribution is -2.28. The second-order valence-corrected chi connectivity index (χ2v) is 6.03. The Balaban J connectivity index is 1.53. The summed E-state index contributed by atoms with van der Waals surface area (Å²) in [6.45, 7) is 0.146. The summed E-state index contributed by atoms with van der Waals surface area (Å²) in [7, 11) is 0. The monoisotopic (exact) mass is 350 g/mol. The Labute approximate surface area is 140 Å². The Bertz CT molecular complexity index is 830. The molecule has 1 fully saturated rings. The molecule has 0 radical (unpaired) electrons. The molecule has 1 aliphatic carbocycles. The molecule has 1 N–H and O–H groups in total. The zero-order valence-corrected chi connectivity index (χ0v) is 12.9. The van der Waals surface area contributed by atoms with Crippen molar-refractivity contribution in [2.45, 2.75) is 24.4 Å². The van der Waals surface area contributed by atoms with Gasteiger partial charge in [-0.05, 0) is 42.7 Å². The average Bonchev–Trinajstić information content (AvgIpc) is 3.26. The van der Waals surface area contributed by atoms with Crippen LogP contribution in [0.4, 0.5) is 19.0 Å². The van der Waals surface area contributed by atoms with Crippen LogP contribution in [0.25, 0.3) is 0 Å². The SMILES string of the molecule is O=C(Nc1ccc(C(F)(F)F)cn1)C1(c2ccc3c(c2)OCO3)CC1. The molecule has 5 nitrogen and oxygen atoms in total. The first-order valence-electron chi connectivity index (χ1n) is 7.63. The molecule has 8 heteroatoms. The summed E-state index contributed by atoms with van der Waals surface area (Å²) in [6, 6.07) is 7.37. The number of hydrogen-bond donors (Lipinski definition) is 1. The van der Waals surface area contributed by atoms with Crippen molar-refractivity contribution in [1.82, 2.24) is 4.98 Å². The first kappa shape index (κ1) is 15.7. The predicted octanol–water partition coefficient (Wildman–Crippen LogP) is 3.50. The van der Waals surface area contributed by atoms with E-state index in [2.05, 4.69) is 10.3 Å². The van der Waals surface area contributed by atoms with Crippen LogP contribution in [0.3, 0.4) is 0 Å². The van der Waals surface area contributed by atoms with Crippen molar-refractivity contribution < 1.29 is 27.4 Å². The predicted molar refractivity (Wildman–Crippen MR) is 81.3 cm³/mol. The van der Waals surface area contributed by atoms with Crippen molar-refractivity contribution in [3.63, 3.8) is 0 Å². The van der Waals surface area contributed by atoms with E-state index in [-0.39, 0.29) is 18.5 Å². The van der Waals surface area contributed by atoms with Crippen LogP contribution in [-0.2, 0) is 16.4 Å². The highest BCUT2D eigenvalue weighted by Crippen LogP contribution is 2.51. The van der Waals surface area contributed by atoms with Crippen LogP contribution >= 0.6 is 0 Å². The summed E-state index contributed by atoms with van der Waals surface area (Å²) in [5, 5.41) is 2.60. The summed E-state index contributed by atoms with van der Waals surface area (Å²) < 4.78 is 48.3. The number of halogens is 3. The molecule has 0 spiro atoms. The number of alkyl halides is 3. The topological polar surface area (TPSA) is 60.5 Å². The standard InChI is InChI=1S/C17H13F3N2O3/c18-17(19,20)11-2-4-14(21-8-11)22-15(23)16(5-6-16)10-1-3-12-13(7-10)25-9-24-12/h1-4,7-8H,5-6,9H2,(H,21,22,23). The highest BCUT2D eigenvalue weighted by atomic mass is 19.4. The lowest BCUT2D eigenvalue weighted by molar-refractivity contribution is -0.137. The minimum absolute atomic E-state index is 0.0880. The van der Waals surface area contributed by atoms with E-state index in [1.54, 1.807) is 18.2 Å². The number of ether oxygens (including phenoxy) is 2. The van der Waals surface area contributed by atoms with Crippen LogP contribution in [0, 0.1) is 0 Å². The molecule has 0 unspecified atom stereocenters. The van der Waals surface area contributed by atoms with E-state index in [1.807, 2.05) is 0 Å². The van der Waals surface area contributed by atoms with Gasteiger partial charge in [0.15, 0.2) is 11.5 Å². The lowest BCUT2D eigenvalue weighted by Gasteiger charge is -2.16. The minimum atomic E-state index is -4.46. The number of anilines is 1. The molecule has 2 aromatic rings. The molecule has 1 aromatic carbocycles. The summed E-state index contributed by atoms with van der Waals surface area (Å²) in [6.07, 6.45) is -2.45. The third-order valence-electron chi connectivity index (χ3n) is 4.44. The van der Waals surface area contributed by atoms with Crippen LogP contribution in [-0.4, -0.2) is 17.7 Å². The molecule has 25 heavy (non-hydrogen) atoms. The smallest absolute Gasteiger partial charge is 0.417 e. The van der Waals surface area contributed by atoms with Gasteiger partial charge in [-0.15, -0.1) is 0 Å². The molecule has 0 bridgehead atoms. The molecule has 4 rings (SSSR count). The highest BCUT2D eigenvalue weighted by Gasteiger charge is 2.51. The number of carbonyl (C=O) groups is 1. The van der Waals surface area contributed by atoms with Crippen LogP contribution in [0.1, 0.15) is 24.0 Å². The van der Waals surface area contributed by atoms with Crippen molar-refractivity contribution in [3.05, 3.63) is 47.7 Å². The van der Waals surface area contributed by atoms with Crippen LogP contribution in [0.15, 0.2) is 36.5 Å². The number of nitrogens with one attached hydrogen (secondary N) is 1. The summed E-state index contributed by atoms with van der Waals surface area (Å²) in [5.41, 5.74) is -0.769. The highest BCUT2D eigenvalue weighted by molar-refractivity contribution is 6.01. The van der Waals surface area contributed by atoms with Gasteiger partial charge in [0.05, 0.1) is 11.0 Å². The van der Waals surface area contributed by atoms with Gasteiger partial charge in [0.2, 0.25) is 12.7 Å². The number of pyridine rings is 1. The van der Waals surface area contributed by atoms with Crippen molar-refractivity contribution in [3.8, 4) is 11.5 Å². The number of aromatic nitrogens is 1. The van der Waals surface area contributed by atoms with Crippen molar-refractivity contribution >= 4 is 11.7 Å². The third kappa shape index (κ3) is 2.77. The first-order chi connectivity index (χ1) is 11.9. The van der Waals surface area contributed by atoms with E-state index in [9.17, 15) is 18.0 Å². The second-order valence-electron chi connectivity index (χ2n) is 6.03. The van der Waals surface area contributed by atoms with Gasteiger partial charge in [-0.25, -0.2) is 4.98 Å². The second kappa shape index (κ2) is 5.37. The molecule has 0 saturated heterocycles. The Kier molecular flexibility index (Phi) is 3.38. The molecule has 1 aliphatic heterocycles. The molecule has 2 aliphatic rings. The number of hydrogen-bond acceptors (Lipinski definition) is 4. The molecule has 2 heterocycles. The maximum absolute atomic E-state index is 12.6. The lowest BCUT2D eigenvalue weighted by atomic mass is 9.94. The van der Waals surface area contributed by atoms with Gasteiger partial charge < -0.3 is 14.8 Å². The summed E-state index contributed by atoms with van der Waals surface area (Å²) in [4.78, 5) is 16.3. The van der Waals surface area contributed by atoms with E-state index in [1.165, 1.54) is 0 Å². The van der Waals surface area contributed by atoms with Gasteiger partial charge in [-0.1, -0.05) is 6.07 Å². The molecule has 1 aromatic heterocycles. The number of benzene rings is 1. The van der Waals surface area contributed by atoms with Gasteiger partial charge >= 0.3 is 6.18 Å². The maximum atomic E-state index is 12.6. The zero-order valence-electron chi connectivity index (χ0n) is 12.9. The van der Waals surface area contributed by atoms with E-state index >= 15 is 0 Å². The molecule has 1 amide bonds. The van der Waals surface area contributed by atoms with Crippen LogP contribution in [0.5, 0.6) is 11.5 Å². The number of carbonyl (C=O) groups excluding carboxylic acids is 1. The van der Waals surface area contributed by atoms with Gasteiger partial charge in [-0.3, -0.25) is 4.79 Å². The molecule has 130 valence electrons. The van der Waals surface area contributed by atoms with Crippen LogP contribution < -0.4 is 14.8 Å². The van der Waals surface area contributed by atoms with Gasteiger partial charge in [0, 0.05) is 6.20 Å². The number of fused-ring (bicyclic) bond motifs is 1. The largest absolute Gasteiger partial charge is 0.454 e. The molecule has 0 atom stereocenters. The Hall–Kier alpha value is -2.77. The fraction of sp³-hybridized carbons (Fsp3) is 0.294. The fourth-order valence-corrected chi connectivity index (χ4v) is 2.84. The third-order valence-corrected chi connectivity index (χ3v) is 4.44. The molecule has 1 saturated carbocycles. The Morgan fingerprint density at radius 3 is 2.52 bits per heavy atom. The maximum Gasteiger partial charge on any atom is 0.417 e. The first-order valence-corrected chi connectivity index (χ1v) is 7.63.